The van der Waals surface area contributed by atoms with Crippen molar-refractivity contribution in [1.82, 2.24) is 5.32 Å². The van der Waals surface area contributed by atoms with Gasteiger partial charge in [-0.05, 0) is 23.7 Å². The van der Waals surface area contributed by atoms with Gasteiger partial charge in [-0.2, -0.15) is 0 Å². The highest BCUT2D eigenvalue weighted by molar-refractivity contribution is 14.1. The number of carbonyl (C=O) groups excluding carboxylic acids is 1. The van der Waals surface area contributed by atoms with E-state index in [0.29, 0.717) is 6.42 Å². The van der Waals surface area contributed by atoms with Crippen LogP contribution >= 0.6 is 22.6 Å². The lowest BCUT2D eigenvalue weighted by atomic mass is 10.1. The van der Waals surface area contributed by atoms with Gasteiger partial charge in [0.15, 0.2) is 0 Å². The number of rotatable bonds is 9. The number of alkyl halides is 1. The fraction of sp³-hybridized carbons (Fsp3) is 0.909. The van der Waals surface area contributed by atoms with E-state index in [-0.39, 0.29) is 5.91 Å². The van der Waals surface area contributed by atoms with E-state index in [1.54, 1.807) is 0 Å². The molecule has 3 heteroatoms. The van der Waals surface area contributed by atoms with E-state index in [1.165, 1.54) is 30.1 Å². The Morgan fingerprint density at radius 2 is 1.93 bits per heavy atom. The SMILES string of the molecule is CCCCCCC(=O)NCCCCI. The van der Waals surface area contributed by atoms with E-state index >= 15 is 0 Å². The summed E-state index contributed by atoms with van der Waals surface area (Å²) in [5.74, 6) is 0.231. The first-order chi connectivity index (χ1) is 6.81. The molecule has 0 saturated heterocycles. The Balaban J connectivity index is 3.11. The molecule has 1 amide bonds. The predicted molar refractivity (Wildman–Crippen MR) is 69.9 cm³/mol. The molecule has 0 aliphatic heterocycles. The number of carbonyl (C=O) groups is 1. The molecule has 0 rings (SSSR count). The fourth-order valence-corrected chi connectivity index (χ4v) is 1.79. The van der Waals surface area contributed by atoms with Crippen LogP contribution in [0.25, 0.3) is 0 Å². The van der Waals surface area contributed by atoms with E-state index in [4.69, 9.17) is 0 Å². The van der Waals surface area contributed by atoms with E-state index in [2.05, 4.69) is 34.8 Å². The monoisotopic (exact) mass is 311 g/mol. The summed E-state index contributed by atoms with van der Waals surface area (Å²) >= 11 is 2.36. The largest absolute Gasteiger partial charge is 0.356 e. The highest BCUT2D eigenvalue weighted by Crippen LogP contribution is 2.02. The topological polar surface area (TPSA) is 29.1 Å². The zero-order valence-corrected chi connectivity index (χ0v) is 11.3. The Morgan fingerprint density at radius 1 is 1.14 bits per heavy atom. The second-order valence-corrected chi connectivity index (χ2v) is 4.64. The predicted octanol–water partition coefficient (Wildman–Crippen LogP) is 3.29. The smallest absolute Gasteiger partial charge is 0.219 e. The number of nitrogens with one attached hydrogen (secondary N) is 1. The van der Waals surface area contributed by atoms with Crippen molar-refractivity contribution in [2.45, 2.75) is 51.9 Å². The second kappa shape index (κ2) is 11.3. The summed E-state index contributed by atoms with van der Waals surface area (Å²) in [7, 11) is 0. The number of hydrogen-bond acceptors (Lipinski definition) is 1. The normalized spacial score (nSPS) is 10.1. The zero-order chi connectivity index (χ0) is 10.6. The van der Waals surface area contributed by atoms with Crippen molar-refractivity contribution in [1.29, 1.82) is 0 Å². The van der Waals surface area contributed by atoms with E-state index in [9.17, 15) is 4.79 Å². The van der Waals surface area contributed by atoms with E-state index < -0.39 is 0 Å². The van der Waals surface area contributed by atoms with Gasteiger partial charge in [-0.3, -0.25) is 4.79 Å². The van der Waals surface area contributed by atoms with Crippen LogP contribution in [0.2, 0.25) is 0 Å². The maximum Gasteiger partial charge on any atom is 0.219 e. The van der Waals surface area contributed by atoms with Gasteiger partial charge in [0.2, 0.25) is 5.91 Å². The first-order valence-corrected chi connectivity index (χ1v) is 7.16. The Hall–Kier alpha value is 0.200. The Labute approximate surface area is 101 Å². The molecule has 0 aromatic rings. The fourth-order valence-electron chi connectivity index (χ4n) is 1.25. The van der Waals surface area contributed by atoms with E-state index in [1.807, 2.05) is 0 Å². The van der Waals surface area contributed by atoms with Gasteiger partial charge >= 0.3 is 0 Å². The van der Waals surface area contributed by atoms with E-state index in [0.717, 1.165) is 19.4 Å². The van der Waals surface area contributed by atoms with Crippen molar-refractivity contribution in [3.8, 4) is 0 Å². The van der Waals surface area contributed by atoms with Crippen LogP contribution < -0.4 is 5.32 Å². The maximum atomic E-state index is 11.3. The lowest BCUT2D eigenvalue weighted by Crippen LogP contribution is -2.23. The quantitative estimate of drug-likeness (QED) is 0.395. The third-order valence-corrected chi connectivity index (χ3v) is 2.90. The standard InChI is InChI=1S/C11H22INO/c1-2-3-4-5-8-11(14)13-10-7-6-9-12/h2-10H2,1H3,(H,13,14). The van der Waals surface area contributed by atoms with Gasteiger partial charge in [-0.15, -0.1) is 0 Å². The number of unbranched alkanes of at least 4 members (excludes halogenated alkanes) is 4. The Kier molecular flexibility index (Phi) is 11.4. The van der Waals surface area contributed by atoms with Crippen molar-refractivity contribution in [2.75, 3.05) is 11.0 Å². The Bertz CT molecular complexity index is 125. The molecule has 0 heterocycles. The molecular weight excluding hydrogens is 289 g/mol. The Morgan fingerprint density at radius 3 is 2.57 bits per heavy atom. The van der Waals surface area contributed by atoms with Crippen LogP contribution in [-0.4, -0.2) is 16.9 Å². The minimum atomic E-state index is 0.231. The van der Waals surface area contributed by atoms with Gasteiger partial charge in [0.05, 0.1) is 0 Å². The molecule has 0 radical (unpaired) electrons. The summed E-state index contributed by atoms with van der Waals surface area (Å²) in [6.07, 6.45) is 7.76. The van der Waals surface area contributed by atoms with Gasteiger partial charge in [0.1, 0.15) is 0 Å². The molecule has 84 valence electrons. The van der Waals surface area contributed by atoms with Crippen LogP contribution in [0.3, 0.4) is 0 Å². The van der Waals surface area contributed by atoms with Gasteiger partial charge in [0.25, 0.3) is 0 Å². The summed E-state index contributed by atoms with van der Waals surface area (Å²) in [4.78, 5) is 11.3. The minimum absolute atomic E-state index is 0.231. The summed E-state index contributed by atoms with van der Waals surface area (Å²) in [6, 6.07) is 0. The summed E-state index contributed by atoms with van der Waals surface area (Å²) in [5.41, 5.74) is 0. The van der Waals surface area contributed by atoms with Crippen LogP contribution in [0, 0.1) is 0 Å². The molecule has 0 aliphatic carbocycles. The number of halogens is 1. The summed E-state index contributed by atoms with van der Waals surface area (Å²) < 4.78 is 1.18. The molecule has 0 fully saturated rings. The molecular formula is C11H22INO. The minimum Gasteiger partial charge on any atom is -0.356 e. The molecule has 0 aliphatic rings. The molecule has 0 saturated carbocycles. The third kappa shape index (κ3) is 10.3. The molecule has 1 N–H and O–H groups in total. The van der Waals surface area contributed by atoms with Gasteiger partial charge in [-0.25, -0.2) is 0 Å². The van der Waals surface area contributed by atoms with Crippen LogP contribution in [0.4, 0.5) is 0 Å². The highest BCUT2D eigenvalue weighted by Gasteiger charge is 1.99. The first kappa shape index (κ1) is 14.2. The van der Waals surface area contributed by atoms with Crippen molar-refractivity contribution < 1.29 is 4.79 Å². The maximum absolute atomic E-state index is 11.3. The summed E-state index contributed by atoms with van der Waals surface area (Å²) in [6.45, 7) is 3.04. The highest BCUT2D eigenvalue weighted by atomic mass is 127. The van der Waals surface area contributed by atoms with Crippen LogP contribution in [0.1, 0.15) is 51.9 Å². The van der Waals surface area contributed by atoms with Gasteiger partial charge < -0.3 is 5.32 Å². The molecule has 0 unspecified atom stereocenters. The molecule has 0 bridgehead atoms. The lowest BCUT2D eigenvalue weighted by Gasteiger charge is -2.03. The van der Waals surface area contributed by atoms with Crippen LogP contribution in [0.5, 0.6) is 0 Å². The molecule has 0 atom stereocenters. The second-order valence-electron chi connectivity index (χ2n) is 3.56. The average Bonchev–Trinajstić information content (AvgIpc) is 2.19. The molecule has 0 aromatic heterocycles. The van der Waals surface area contributed by atoms with Gasteiger partial charge in [-0.1, -0.05) is 48.8 Å². The molecule has 0 spiro atoms. The van der Waals surface area contributed by atoms with Crippen molar-refractivity contribution in [3.63, 3.8) is 0 Å². The van der Waals surface area contributed by atoms with Gasteiger partial charge in [0, 0.05) is 13.0 Å². The molecule has 0 aromatic carbocycles. The van der Waals surface area contributed by atoms with Crippen molar-refractivity contribution in [3.05, 3.63) is 0 Å². The average molecular weight is 311 g/mol. The lowest BCUT2D eigenvalue weighted by molar-refractivity contribution is -0.121. The van der Waals surface area contributed by atoms with Crippen molar-refractivity contribution in [2.24, 2.45) is 0 Å². The molecule has 2 nitrogen and oxygen atoms in total. The number of amides is 1. The van der Waals surface area contributed by atoms with Crippen LogP contribution in [-0.2, 0) is 4.79 Å². The zero-order valence-electron chi connectivity index (χ0n) is 9.15. The summed E-state index contributed by atoms with van der Waals surface area (Å²) in [5, 5.41) is 2.95. The van der Waals surface area contributed by atoms with Crippen LogP contribution in [0.15, 0.2) is 0 Å². The van der Waals surface area contributed by atoms with Crippen molar-refractivity contribution >= 4 is 28.5 Å². The molecule has 14 heavy (non-hydrogen) atoms. The number of hydrogen-bond donors (Lipinski definition) is 1. The third-order valence-electron chi connectivity index (χ3n) is 2.14. The first-order valence-electron chi connectivity index (χ1n) is 5.64.